The normalized spacial score (nSPS) is 26.1. The van der Waals surface area contributed by atoms with Gasteiger partial charge >= 0.3 is 11.9 Å². The average molecular weight is 267 g/mol. The molecule has 0 aromatic heterocycles. The topological polar surface area (TPSA) is 75.6 Å². The van der Waals surface area contributed by atoms with E-state index in [1.54, 1.807) is 6.07 Å². The zero-order valence-corrected chi connectivity index (χ0v) is 10.3. The fourth-order valence-electron chi connectivity index (χ4n) is 2.38. The molecule has 102 valence electrons. The molecule has 19 heavy (non-hydrogen) atoms. The summed E-state index contributed by atoms with van der Waals surface area (Å²) in [7, 11) is 1.23. The van der Waals surface area contributed by atoms with E-state index < -0.39 is 35.8 Å². The first kappa shape index (κ1) is 13.5. The third-order valence-corrected chi connectivity index (χ3v) is 3.32. The molecule has 5 nitrogen and oxygen atoms in total. The maximum Gasteiger partial charge on any atom is 0.320 e. The summed E-state index contributed by atoms with van der Waals surface area (Å²) in [6.45, 7) is 0. The number of rotatable bonds is 3. The molecule has 1 aromatic carbocycles. The first-order valence-electron chi connectivity index (χ1n) is 5.85. The number of halogens is 1. The highest BCUT2D eigenvalue weighted by Gasteiger charge is 2.43. The molecule has 1 aliphatic heterocycles. The minimum Gasteiger partial charge on any atom is -0.480 e. The monoisotopic (exact) mass is 267 g/mol. The van der Waals surface area contributed by atoms with Crippen molar-refractivity contribution < 1.29 is 23.8 Å². The van der Waals surface area contributed by atoms with Crippen LogP contribution in [0.25, 0.3) is 0 Å². The third-order valence-electron chi connectivity index (χ3n) is 3.32. The van der Waals surface area contributed by atoms with Gasteiger partial charge in [0.1, 0.15) is 11.9 Å². The van der Waals surface area contributed by atoms with Crippen LogP contribution in [0.15, 0.2) is 24.3 Å². The van der Waals surface area contributed by atoms with Crippen LogP contribution in [-0.4, -0.2) is 30.2 Å². The van der Waals surface area contributed by atoms with Gasteiger partial charge in [-0.2, -0.15) is 0 Å². The van der Waals surface area contributed by atoms with Crippen molar-refractivity contribution in [1.29, 1.82) is 0 Å². The van der Waals surface area contributed by atoms with Crippen LogP contribution < -0.4 is 5.32 Å². The Morgan fingerprint density at radius 3 is 2.68 bits per heavy atom. The van der Waals surface area contributed by atoms with E-state index in [0.29, 0.717) is 0 Å². The molecule has 2 N–H and O–H groups in total. The zero-order chi connectivity index (χ0) is 14.0. The highest BCUT2D eigenvalue weighted by molar-refractivity contribution is 5.79. The third kappa shape index (κ3) is 2.58. The lowest BCUT2D eigenvalue weighted by atomic mass is 9.93. The van der Waals surface area contributed by atoms with Crippen molar-refractivity contribution in [3.8, 4) is 0 Å². The minimum absolute atomic E-state index is 0.0843. The first-order chi connectivity index (χ1) is 9.04. The van der Waals surface area contributed by atoms with Gasteiger partial charge < -0.3 is 9.84 Å². The zero-order valence-electron chi connectivity index (χ0n) is 10.3. The predicted octanol–water partition coefficient (Wildman–Crippen LogP) is 1.10. The van der Waals surface area contributed by atoms with Crippen LogP contribution >= 0.6 is 0 Å². The number of aliphatic carboxylic acids is 1. The average Bonchev–Trinajstić information content (AvgIpc) is 2.83. The number of carbonyl (C=O) groups is 2. The van der Waals surface area contributed by atoms with Gasteiger partial charge in [0.05, 0.1) is 13.0 Å². The standard InChI is InChI=1S/C13H14FNO4/c1-19-13(18)8-6-10(12(16)17)15-11(8)7-4-2-3-5-9(7)14/h2-5,8,10-11,15H,6H2,1H3,(H,16,17). The largest absolute Gasteiger partial charge is 0.480 e. The summed E-state index contributed by atoms with van der Waals surface area (Å²) in [4.78, 5) is 22.7. The second-order valence-electron chi connectivity index (χ2n) is 4.42. The minimum atomic E-state index is -1.06. The van der Waals surface area contributed by atoms with Crippen LogP contribution in [0.1, 0.15) is 18.0 Å². The van der Waals surface area contributed by atoms with Crippen LogP contribution in [0.4, 0.5) is 4.39 Å². The molecular weight excluding hydrogens is 253 g/mol. The number of esters is 1. The highest BCUT2D eigenvalue weighted by Crippen LogP contribution is 2.34. The lowest BCUT2D eigenvalue weighted by molar-refractivity contribution is -0.145. The van der Waals surface area contributed by atoms with Crippen molar-refractivity contribution >= 4 is 11.9 Å². The van der Waals surface area contributed by atoms with Gasteiger partial charge in [0.2, 0.25) is 0 Å². The number of carbonyl (C=O) groups excluding carboxylic acids is 1. The molecule has 1 aromatic rings. The summed E-state index contributed by atoms with van der Waals surface area (Å²) in [6, 6.07) is 4.42. The van der Waals surface area contributed by atoms with E-state index >= 15 is 0 Å². The second-order valence-corrected chi connectivity index (χ2v) is 4.42. The SMILES string of the molecule is COC(=O)C1CC(C(=O)O)NC1c1ccccc1F. The smallest absolute Gasteiger partial charge is 0.320 e. The summed E-state index contributed by atoms with van der Waals surface area (Å²) >= 11 is 0. The molecule has 0 amide bonds. The quantitative estimate of drug-likeness (QED) is 0.802. The molecule has 0 saturated carbocycles. The summed E-state index contributed by atoms with van der Waals surface area (Å²) in [5, 5.41) is 11.8. The fraction of sp³-hybridized carbons (Fsp3) is 0.385. The van der Waals surface area contributed by atoms with Crippen LogP contribution in [0.5, 0.6) is 0 Å². The number of nitrogens with one attached hydrogen (secondary N) is 1. The van der Waals surface area contributed by atoms with Gasteiger partial charge in [-0.3, -0.25) is 14.9 Å². The maximum absolute atomic E-state index is 13.8. The fourth-order valence-corrected chi connectivity index (χ4v) is 2.38. The summed E-state index contributed by atoms with van der Waals surface area (Å²) in [5.41, 5.74) is 0.279. The Bertz CT molecular complexity index is 505. The Morgan fingerprint density at radius 2 is 2.11 bits per heavy atom. The predicted molar refractivity (Wildman–Crippen MR) is 63.8 cm³/mol. The molecule has 0 spiro atoms. The first-order valence-corrected chi connectivity index (χ1v) is 5.85. The van der Waals surface area contributed by atoms with E-state index in [1.807, 2.05) is 0 Å². The lowest BCUT2D eigenvalue weighted by Gasteiger charge is -2.18. The molecule has 1 saturated heterocycles. The number of methoxy groups -OCH3 is 1. The molecule has 2 rings (SSSR count). The Morgan fingerprint density at radius 1 is 1.42 bits per heavy atom. The number of carboxylic acids is 1. The van der Waals surface area contributed by atoms with Crippen molar-refractivity contribution in [2.45, 2.75) is 18.5 Å². The Kier molecular flexibility index (Phi) is 3.80. The van der Waals surface area contributed by atoms with Crippen LogP contribution in [0.2, 0.25) is 0 Å². The van der Waals surface area contributed by atoms with Gasteiger partial charge in [0.15, 0.2) is 0 Å². The molecule has 6 heteroatoms. The molecular formula is C13H14FNO4. The second kappa shape index (κ2) is 5.36. The molecule has 1 aliphatic rings. The van der Waals surface area contributed by atoms with Crippen LogP contribution in [0.3, 0.4) is 0 Å². The van der Waals surface area contributed by atoms with Gasteiger partial charge in [-0.15, -0.1) is 0 Å². The molecule has 0 radical (unpaired) electrons. The van der Waals surface area contributed by atoms with E-state index in [9.17, 15) is 14.0 Å². The lowest BCUT2D eigenvalue weighted by Crippen LogP contribution is -2.32. The van der Waals surface area contributed by atoms with Gasteiger partial charge in [0, 0.05) is 11.6 Å². The molecule has 1 fully saturated rings. The van der Waals surface area contributed by atoms with Gasteiger partial charge in [0.25, 0.3) is 0 Å². The van der Waals surface area contributed by atoms with E-state index in [-0.39, 0.29) is 12.0 Å². The van der Waals surface area contributed by atoms with Crippen LogP contribution in [0, 0.1) is 11.7 Å². The Hall–Kier alpha value is -1.95. The van der Waals surface area contributed by atoms with E-state index in [2.05, 4.69) is 10.1 Å². The van der Waals surface area contributed by atoms with Crippen molar-refractivity contribution in [2.24, 2.45) is 5.92 Å². The van der Waals surface area contributed by atoms with Gasteiger partial charge in [-0.1, -0.05) is 18.2 Å². The molecule has 3 unspecified atom stereocenters. The summed E-state index contributed by atoms with van der Waals surface area (Å²) < 4.78 is 18.4. The Balaban J connectivity index is 2.33. The van der Waals surface area contributed by atoms with Gasteiger partial charge in [-0.25, -0.2) is 4.39 Å². The number of hydrogen-bond acceptors (Lipinski definition) is 4. The summed E-state index contributed by atoms with van der Waals surface area (Å²) in [6.07, 6.45) is 0.0843. The Labute approximate surface area is 109 Å². The highest BCUT2D eigenvalue weighted by atomic mass is 19.1. The summed E-state index contributed by atoms with van der Waals surface area (Å²) in [5.74, 6) is -2.78. The number of ether oxygens (including phenoxy) is 1. The molecule has 1 heterocycles. The number of benzene rings is 1. The number of hydrogen-bond donors (Lipinski definition) is 2. The number of carboxylic acid groups (broad SMARTS) is 1. The van der Waals surface area contributed by atoms with E-state index in [1.165, 1.54) is 25.3 Å². The molecule has 3 atom stereocenters. The van der Waals surface area contributed by atoms with Gasteiger partial charge in [-0.05, 0) is 12.5 Å². The van der Waals surface area contributed by atoms with Crippen molar-refractivity contribution in [1.82, 2.24) is 5.32 Å². The van der Waals surface area contributed by atoms with E-state index in [4.69, 9.17) is 5.11 Å². The van der Waals surface area contributed by atoms with Crippen molar-refractivity contribution in [2.75, 3.05) is 7.11 Å². The van der Waals surface area contributed by atoms with Crippen LogP contribution in [-0.2, 0) is 14.3 Å². The maximum atomic E-state index is 13.8. The van der Waals surface area contributed by atoms with Crippen molar-refractivity contribution in [3.05, 3.63) is 35.6 Å². The molecule has 0 bridgehead atoms. The molecule has 0 aliphatic carbocycles. The van der Waals surface area contributed by atoms with E-state index in [0.717, 1.165) is 0 Å². The van der Waals surface area contributed by atoms with Crippen molar-refractivity contribution in [3.63, 3.8) is 0 Å².